The van der Waals surface area contributed by atoms with E-state index in [1.54, 1.807) is 31.2 Å². The summed E-state index contributed by atoms with van der Waals surface area (Å²) in [5.74, 6) is -1.17. The third-order valence-corrected chi connectivity index (χ3v) is 10.7. The van der Waals surface area contributed by atoms with Gasteiger partial charge in [-0.2, -0.15) is 5.26 Å². The van der Waals surface area contributed by atoms with Gasteiger partial charge in [0.05, 0.1) is 17.2 Å². The van der Waals surface area contributed by atoms with Crippen LogP contribution in [0, 0.1) is 52.3 Å². The molecule has 4 aliphatic rings. The molecule has 1 heterocycles. The van der Waals surface area contributed by atoms with Crippen LogP contribution >= 0.6 is 0 Å². The maximum Gasteiger partial charge on any atom is 0.338 e. The summed E-state index contributed by atoms with van der Waals surface area (Å²) in [6.45, 7) is 14.9. The monoisotopic (exact) mass is 547 g/mol. The van der Waals surface area contributed by atoms with Crippen LogP contribution < -0.4 is 0 Å². The van der Waals surface area contributed by atoms with E-state index in [2.05, 4.69) is 46.4 Å². The van der Waals surface area contributed by atoms with Gasteiger partial charge in [-0.1, -0.05) is 39.0 Å². The first-order chi connectivity index (χ1) is 18.8. The number of nitriles is 1. The average Bonchev–Trinajstić information content (AvgIpc) is 3.20. The molecule has 214 valence electrons. The minimum atomic E-state index is -1.77. The number of aliphatic hydroxyl groups excluding tert-OH is 1. The van der Waals surface area contributed by atoms with Gasteiger partial charge in [-0.05, 0) is 98.5 Å². The van der Waals surface area contributed by atoms with Crippen LogP contribution in [0.3, 0.4) is 0 Å². The highest BCUT2D eigenvalue weighted by atomic mass is 16.6. The maximum absolute atomic E-state index is 13.2. The van der Waals surface area contributed by atoms with E-state index < -0.39 is 29.7 Å². The Bertz CT molecular complexity index is 1280. The first-order valence-electron chi connectivity index (χ1n) is 14.5. The lowest BCUT2D eigenvalue weighted by Crippen LogP contribution is -2.63. The number of hydrogen-bond acceptors (Lipinski definition) is 7. The molecule has 3 fully saturated rings. The van der Waals surface area contributed by atoms with Crippen LogP contribution in [0.4, 0.5) is 0 Å². The Kier molecular flexibility index (Phi) is 7.25. The standard InChI is InChI=1S/C33H41NO6/c1-17(2)28-26-13-23-19(4)33(38)25(20(5)39-31(37)29(33)35)12-7-18(3)24(23)14-32(26,6)15-27(28)40-30(36)22-10-8-21(16-34)9-11-22/h7-11,17,20,23-29,35,38H,4,12-15H2,1-3,5-6H3. The average molecular weight is 548 g/mol. The normalized spacial score (nSPS) is 40.9. The Labute approximate surface area is 236 Å². The van der Waals surface area contributed by atoms with Crippen molar-refractivity contribution in [1.82, 2.24) is 0 Å². The molecule has 1 saturated heterocycles. The largest absolute Gasteiger partial charge is 0.460 e. The molecule has 3 aliphatic carbocycles. The van der Waals surface area contributed by atoms with Crippen LogP contribution in [0.5, 0.6) is 0 Å². The molecular weight excluding hydrogens is 506 g/mol. The molecule has 40 heavy (non-hydrogen) atoms. The van der Waals surface area contributed by atoms with Crippen molar-refractivity contribution in [1.29, 1.82) is 5.26 Å². The second-order valence-corrected chi connectivity index (χ2v) is 13.3. The fourth-order valence-electron chi connectivity index (χ4n) is 8.61. The maximum atomic E-state index is 13.2. The summed E-state index contributed by atoms with van der Waals surface area (Å²) in [5, 5.41) is 32.1. The van der Waals surface area contributed by atoms with Gasteiger partial charge >= 0.3 is 11.9 Å². The number of nitrogens with zero attached hydrogens (tertiary/aromatic N) is 1. The van der Waals surface area contributed by atoms with Gasteiger partial charge in [0.25, 0.3) is 0 Å². The Balaban J connectivity index is 1.47. The van der Waals surface area contributed by atoms with Crippen molar-refractivity contribution in [2.45, 2.75) is 84.2 Å². The number of cyclic esters (lactones) is 1. The number of hydrogen-bond donors (Lipinski definition) is 2. The smallest absolute Gasteiger partial charge is 0.338 e. The van der Waals surface area contributed by atoms with E-state index in [4.69, 9.17) is 14.7 Å². The van der Waals surface area contributed by atoms with Gasteiger partial charge < -0.3 is 19.7 Å². The Hall–Kier alpha value is -2.95. The zero-order valence-corrected chi connectivity index (χ0v) is 24.1. The number of esters is 2. The second kappa shape index (κ2) is 10.2. The fourth-order valence-corrected chi connectivity index (χ4v) is 8.61. The van der Waals surface area contributed by atoms with Gasteiger partial charge in [0, 0.05) is 11.8 Å². The molecular formula is C33H41NO6. The van der Waals surface area contributed by atoms with Crippen molar-refractivity contribution in [3.8, 4) is 6.07 Å². The number of rotatable bonds is 3. The lowest BCUT2D eigenvalue weighted by Gasteiger charge is -2.54. The van der Waals surface area contributed by atoms with Gasteiger partial charge in [-0.3, -0.25) is 0 Å². The highest BCUT2D eigenvalue weighted by Crippen LogP contribution is 2.63. The van der Waals surface area contributed by atoms with E-state index in [0.717, 1.165) is 19.3 Å². The first-order valence-corrected chi connectivity index (χ1v) is 14.5. The van der Waals surface area contributed by atoms with E-state index in [0.29, 0.717) is 23.1 Å². The van der Waals surface area contributed by atoms with Gasteiger partial charge in [0.15, 0.2) is 6.10 Å². The number of allylic oxidation sites excluding steroid dienone is 2. The molecule has 10 atom stereocenters. The molecule has 0 radical (unpaired) electrons. The topological polar surface area (TPSA) is 117 Å². The van der Waals surface area contributed by atoms with Crippen LogP contribution in [0.2, 0.25) is 0 Å². The zero-order valence-electron chi connectivity index (χ0n) is 24.1. The molecule has 5 rings (SSSR count). The molecule has 1 aliphatic heterocycles. The second-order valence-electron chi connectivity index (χ2n) is 13.3. The molecule has 0 aromatic heterocycles. The minimum Gasteiger partial charge on any atom is -0.460 e. The molecule has 0 spiro atoms. The van der Waals surface area contributed by atoms with E-state index in [1.807, 2.05) is 0 Å². The van der Waals surface area contributed by atoms with Crippen molar-refractivity contribution in [2.75, 3.05) is 0 Å². The van der Waals surface area contributed by atoms with Crippen LogP contribution in [0.15, 0.2) is 48.1 Å². The fraction of sp³-hybridized carbons (Fsp3) is 0.606. The third kappa shape index (κ3) is 4.40. The highest BCUT2D eigenvalue weighted by Gasteiger charge is 2.62. The molecule has 0 amide bonds. The summed E-state index contributed by atoms with van der Waals surface area (Å²) in [6, 6.07) is 8.58. The SMILES string of the molecule is C=C1C2CC3C(C(C)C)C(OC(=O)c4ccc(C#N)cc4)CC3(C)CC2C(C)=CCC2C(C)OC(=O)C(O)C12O. The Morgan fingerprint density at radius 3 is 2.50 bits per heavy atom. The van der Waals surface area contributed by atoms with Crippen LogP contribution in [0.25, 0.3) is 0 Å². The summed E-state index contributed by atoms with van der Waals surface area (Å²) in [7, 11) is 0. The molecule has 2 N–H and O–H groups in total. The van der Waals surface area contributed by atoms with Gasteiger partial charge in [0.2, 0.25) is 0 Å². The molecule has 2 saturated carbocycles. The minimum absolute atomic E-state index is 0.0972. The van der Waals surface area contributed by atoms with Crippen LogP contribution in [-0.4, -0.2) is 46.1 Å². The lowest BCUT2D eigenvalue weighted by atomic mass is 9.53. The summed E-state index contributed by atoms with van der Waals surface area (Å²) in [4.78, 5) is 25.7. The predicted molar refractivity (Wildman–Crippen MR) is 149 cm³/mol. The quantitative estimate of drug-likeness (QED) is 0.405. The third-order valence-electron chi connectivity index (χ3n) is 10.7. The lowest BCUT2D eigenvalue weighted by molar-refractivity contribution is -0.209. The van der Waals surface area contributed by atoms with E-state index in [9.17, 15) is 19.8 Å². The number of benzene rings is 1. The zero-order chi connectivity index (χ0) is 29.1. The number of ether oxygens (including phenoxy) is 2. The van der Waals surface area contributed by atoms with Gasteiger partial charge in [-0.15, -0.1) is 0 Å². The summed E-state index contributed by atoms with van der Waals surface area (Å²) < 4.78 is 11.6. The number of aliphatic hydroxyl groups is 2. The first kappa shape index (κ1) is 28.6. The molecule has 1 aromatic carbocycles. The number of carbonyl (C=O) groups excluding carboxylic acids is 2. The summed E-state index contributed by atoms with van der Waals surface area (Å²) >= 11 is 0. The predicted octanol–water partition coefficient (Wildman–Crippen LogP) is 4.97. The number of carbonyl (C=O) groups is 2. The highest BCUT2D eigenvalue weighted by molar-refractivity contribution is 5.89. The molecule has 1 aromatic rings. The van der Waals surface area contributed by atoms with Gasteiger partial charge in [-0.25, -0.2) is 9.59 Å². The van der Waals surface area contributed by atoms with Crippen LogP contribution in [-0.2, 0) is 14.3 Å². The van der Waals surface area contributed by atoms with Crippen molar-refractivity contribution in [3.63, 3.8) is 0 Å². The van der Waals surface area contributed by atoms with E-state index >= 15 is 0 Å². The number of fused-ring (bicyclic) bond motifs is 3. The molecule has 0 bridgehead atoms. The van der Waals surface area contributed by atoms with Crippen molar-refractivity contribution >= 4 is 11.9 Å². The van der Waals surface area contributed by atoms with E-state index in [1.165, 1.54) is 5.57 Å². The Morgan fingerprint density at radius 2 is 1.88 bits per heavy atom. The Morgan fingerprint density at radius 1 is 1.20 bits per heavy atom. The molecule has 7 nitrogen and oxygen atoms in total. The van der Waals surface area contributed by atoms with Crippen molar-refractivity contribution < 1.29 is 29.3 Å². The summed E-state index contributed by atoms with van der Waals surface area (Å²) in [6.07, 6.45) is 2.44. The van der Waals surface area contributed by atoms with E-state index in [-0.39, 0.29) is 47.1 Å². The summed E-state index contributed by atoms with van der Waals surface area (Å²) in [5.41, 5.74) is 0.800. The van der Waals surface area contributed by atoms with Crippen LogP contribution in [0.1, 0.15) is 76.2 Å². The van der Waals surface area contributed by atoms with Crippen molar-refractivity contribution in [2.24, 2.45) is 40.9 Å². The van der Waals surface area contributed by atoms with Crippen molar-refractivity contribution in [3.05, 3.63) is 59.2 Å². The molecule has 7 heteroatoms. The van der Waals surface area contributed by atoms with Gasteiger partial charge in [0.1, 0.15) is 17.8 Å². The molecule has 10 unspecified atom stereocenters.